The highest BCUT2D eigenvalue weighted by atomic mass is 16.5. The number of anilines is 3. The molecule has 2 N–H and O–H groups in total. The Hall–Kier alpha value is -5.02. The summed E-state index contributed by atoms with van der Waals surface area (Å²) in [7, 11) is 0. The molecule has 4 aromatic carbocycles. The van der Waals surface area contributed by atoms with E-state index in [1.807, 2.05) is 18.2 Å². The molecule has 274 valence electrons. The Labute approximate surface area is 312 Å². The Morgan fingerprint density at radius 3 is 2.08 bits per heavy atom. The molecule has 9 heteroatoms. The van der Waals surface area contributed by atoms with Crippen LogP contribution in [-0.4, -0.2) is 80.9 Å². The van der Waals surface area contributed by atoms with Gasteiger partial charge in [0.05, 0.1) is 6.61 Å². The number of ether oxygens (including phenoxy) is 1. The molecular weight excluding hydrogens is 663 g/mol. The molecule has 1 spiro atoms. The minimum absolute atomic E-state index is 0.155. The number of fused-ring (bicyclic) bond motifs is 1. The van der Waals surface area contributed by atoms with Crippen LogP contribution in [0.3, 0.4) is 0 Å². The molecule has 53 heavy (non-hydrogen) atoms. The van der Waals surface area contributed by atoms with E-state index in [-0.39, 0.29) is 29.5 Å². The van der Waals surface area contributed by atoms with Crippen LogP contribution in [-0.2, 0) is 4.79 Å². The number of nitrogens with zero attached hydrogens (tertiary/aromatic N) is 4. The van der Waals surface area contributed by atoms with Crippen LogP contribution < -0.4 is 24.8 Å². The van der Waals surface area contributed by atoms with Crippen LogP contribution >= 0.6 is 0 Å². The number of nitrogens with one attached hydrogen (secondary N) is 1. The van der Waals surface area contributed by atoms with Crippen molar-refractivity contribution in [3.8, 4) is 11.5 Å². The van der Waals surface area contributed by atoms with E-state index in [1.54, 1.807) is 17.0 Å². The smallest absolute Gasteiger partial charge is 0.328 e. The van der Waals surface area contributed by atoms with Gasteiger partial charge in [-0.15, -0.1) is 0 Å². The molecule has 1 saturated carbocycles. The number of piperidine rings is 1. The monoisotopic (exact) mass is 711 g/mol. The summed E-state index contributed by atoms with van der Waals surface area (Å²) < 4.78 is 6.18. The molecule has 4 aromatic rings. The summed E-state index contributed by atoms with van der Waals surface area (Å²) in [6.45, 7) is 8.72. The molecule has 0 radical (unpaired) electrons. The number of aromatic hydroxyl groups is 1. The number of piperazine rings is 1. The lowest BCUT2D eigenvalue weighted by Crippen LogP contribution is -2.52. The molecule has 1 aliphatic carbocycles. The normalized spacial score (nSPS) is 23.3. The van der Waals surface area contributed by atoms with Gasteiger partial charge in [0, 0.05) is 99.3 Å². The van der Waals surface area contributed by atoms with Crippen molar-refractivity contribution < 1.29 is 19.4 Å². The first-order valence-corrected chi connectivity index (χ1v) is 19.4. The van der Waals surface area contributed by atoms with Crippen LogP contribution in [0, 0.1) is 11.3 Å². The second kappa shape index (κ2) is 14.1. The first-order chi connectivity index (χ1) is 25.9. The van der Waals surface area contributed by atoms with Crippen LogP contribution in [0.25, 0.3) is 0 Å². The van der Waals surface area contributed by atoms with Gasteiger partial charge in [0.15, 0.2) is 0 Å². The van der Waals surface area contributed by atoms with E-state index in [1.165, 1.54) is 54.7 Å². The van der Waals surface area contributed by atoms with Gasteiger partial charge >= 0.3 is 6.03 Å². The van der Waals surface area contributed by atoms with Crippen molar-refractivity contribution in [1.82, 2.24) is 10.2 Å². The molecule has 3 amide bonds. The SMILES string of the molecule is O=C1CCN(c2ccc(N3CCC4(CC3)CC(CN3CCN(c5ccc([C@@H]6c7ccc(O)cc7OC[C@@H]6c6ccccc6)cc5)CC3)C4)cc2)C(=O)N1. The third kappa shape index (κ3) is 6.83. The Morgan fingerprint density at radius 1 is 0.717 bits per heavy atom. The highest BCUT2D eigenvalue weighted by Crippen LogP contribution is 2.53. The van der Waals surface area contributed by atoms with E-state index in [4.69, 9.17) is 4.74 Å². The number of amides is 3. The average Bonchev–Trinajstić information content (AvgIpc) is 3.18. The zero-order valence-electron chi connectivity index (χ0n) is 30.3. The van der Waals surface area contributed by atoms with Crippen LogP contribution in [0.5, 0.6) is 11.5 Å². The lowest BCUT2D eigenvalue weighted by atomic mass is 9.57. The first kappa shape index (κ1) is 33.8. The number of imide groups is 1. The summed E-state index contributed by atoms with van der Waals surface area (Å²) in [4.78, 5) is 33.1. The summed E-state index contributed by atoms with van der Waals surface area (Å²) in [5.74, 6) is 1.97. The standard InChI is InChI=1S/C44H49N5O4/c50-37-14-15-38-40(26-37)53-30-39(32-4-2-1-3-5-32)42(38)33-6-8-34(9-7-33)48-24-22-46(23-25-48)29-31-27-44(28-31)17-20-47(21-18-44)35-10-12-36(13-11-35)49-19-16-41(51)45-43(49)52/h1-15,26,31,39,42,50H,16-25,27-30H2,(H,45,51,52)/t39-,42-/m1/s1. The maximum atomic E-state index is 12.2. The number of phenolic OH excluding ortho intramolecular Hbond substituents is 1. The van der Waals surface area contributed by atoms with Gasteiger partial charge in [-0.05, 0) is 90.6 Å². The van der Waals surface area contributed by atoms with Gasteiger partial charge in [-0.3, -0.25) is 19.9 Å². The van der Waals surface area contributed by atoms with E-state index in [0.717, 1.165) is 62.2 Å². The van der Waals surface area contributed by atoms with Gasteiger partial charge in [-0.2, -0.15) is 0 Å². The minimum Gasteiger partial charge on any atom is -0.508 e. The molecule has 5 aliphatic rings. The van der Waals surface area contributed by atoms with Gasteiger partial charge in [0.1, 0.15) is 11.5 Å². The number of hydrogen-bond donors (Lipinski definition) is 2. The summed E-state index contributed by atoms with van der Waals surface area (Å²) in [5.41, 5.74) is 7.53. The number of hydrogen-bond acceptors (Lipinski definition) is 7. The lowest BCUT2D eigenvalue weighted by Gasteiger charge is -2.54. The van der Waals surface area contributed by atoms with Crippen LogP contribution in [0.2, 0.25) is 0 Å². The molecule has 2 atom stereocenters. The summed E-state index contributed by atoms with van der Waals surface area (Å²) in [6.07, 6.45) is 5.54. The number of carbonyl (C=O) groups excluding carboxylic acids is 2. The van der Waals surface area contributed by atoms with Crippen molar-refractivity contribution in [2.24, 2.45) is 11.3 Å². The molecule has 9 nitrogen and oxygen atoms in total. The van der Waals surface area contributed by atoms with Gasteiger partial charge in [-0.1, -0.05) is 48.5 Å². The summed E-state index contributed by atoms with van der Waals surface area (Å²) >= 11 is 0. The van der Waals surface area contributed by atoms with E-state index >= 15 is 0 Å². The quantitative estimate of drug-likeness (QED) is 0.214. The van der Waals surface area contributed by atoms with E-state index in [0.29, 0.717) is 25.0 Å². The maximum absolute atomic E-state index is 12.2. The maximum Gasteiger partial charge on any atom is 0.328 e. The summed E-state index contributed by atoms with van der Waals surface area (Å²) in [5, 5.41) is 12.5. The Morgan fingerprint density at radius 2 is 1.38 bits per heavy atom. The number of benzene rings is 4. The highest BCUT2D eigenvalue weighted by Gasteiger charge is 2.46. The van der Waals surface area contributed by atoms with Crippen LogP contribution in [0.15, 0.2) is 97.1 Å². The van der Waals surface area contributed by atoms with Gasteiger partial charge in [0.2, 0.25) is 5.91 Å². The van der Waals surface area contributed by atoms with Crippen molar-refractivity contribution in [1.29, 1.82) is 0 Å². The third-order valence-corrected chi connectivity index (χ3v) is 12.7. The van der Waals surface area contributed by atoms with Crippen molar-refractivity contribution in [3.05, 3.63) is 114 Å². The second-order valence-electron chi connectivity index (χ2n) is 15.9. The van der Waals surface area contributed by atoms with E-state index in [9.17, 15) is 14.7 Å². The number of rotatable bonds is 7. The molecule has 9 rings (SSSR count). The molecule has 4 heterocycles. The van der Waals surface area contributed by atoms with Crippen LogP contribution in [0.4, 0.5) is 21.9 Å². The van der Waals surface area contributed by atoms with Crippen molar-refractivity contribution >= 4 is 29.0 Å². The predicted octanol–water partition coefficient (Wildman–Crippen LogP) is 6.97. The summed E-state index contributed by atoms with van der Waals surface area (Å²) in [6, 6.07) is 33.3. The molecule has 4 fully saturated rings. The molecular formula is C44H49N5O4. The van der Waals surface area contributed by atoms with Gasteiger partial charge in [0.25, 0.3) is 0 Å². The number of carbonyl (C=O) groups is 2. The predicted molar refractivity (Wildman–Crippen MR) is 208 cm³/mol. The Balaban J connectivity index is 0.755. The second-order valence-corrected chi connectivity index (χ2v) is 15.9. The fourth-order valence-electron chi connectivity index (χ4n) is 9.84. The van der Waals surface area contributed by atoms with Crippen molar-refractivity contribution in [2.75, 3.05) is 73.7 Å². The molecule has 4 aliphatic heterocycles. The zero-order valence-corrected chi connectivity index (χ0v) is 30.3. The van der Waals surface area contributed by atoms with Crippen LogP contribution in [0.1, 0.15) is 60.6 Å². The third-order valence-electron chi connectivity index (χ3n) is 12.7. The number of urea groups is 1. The topological polar surface area (TPSA) is 88.6 Å². The Bertz CT molecular complexity index is 1930. The van der Waals surface area contributed by atoms with Crippen molar-refractivity contribution in [3.63, 3.8) is 0 Å². The van der Waals surface area contributed by atoms with Crippen molar-refractivity contribution in [2.45, 2.75) is 43.9 Å². The molecule has 0 unspecified atom stereocenters. The first-order valence-electron chi connectivity index (χ1n) is 19.4. The molecule has 3 saturated heterocycles. The number of phenols is 1. The highest BCUT2D eigenvalue weighted by molar-refractivity contribution is 6.05. The van der Waals surface area contributed by atoms with E-state index < -0.39 is 0 Å². The van der Waals surface area contributed by atoms with Gasteiger partial charge in [-0.25, -0.2) is 4.79 Å². The fraction of sp³-hybridized carbons (Fsp3) is 0.409. The fourth-order valence-corrected chi connectivity index (χ4v) is 9.84. The van der Waals surface area contributed by atoms with E-state index in [2.05, 4.69) is 86.7 Å². The van der Waals surface area contributed by atoms with Gasteiger partial charge < -0.3 is 19.6 Å². The lowest BCUT2D eigenvalue weighted by molar-refractivity contribution is -0.120. The largest absolute Gasteiger partial charge is 0.508 e. The zero-order chi connectivity index (χ0) is 35.9. The minimum atomic E-state index is -0.333. The molecule has 0 aromatic heterocycles. The Kier molecular flexibility index (Phi) is 8.98. The average molecular weight is 712 g/mol. The molecule has 0 bridgehead atoms.